The molecular weight excluding hydrogens is 709 g/mol. The number of hydrogen-bond acceptors (Lipinski definition) is 4. The van der Waals surface area contributed by atoms with E-state index in [4.69, 9.17) is 11.6 Å². The van der Waals surface area contributed by atoms with E-state index < -0.39 is 28.5 Å². The Bertz CT molecular complexity index is 1650. The molecule has 0 radical (unpaired) electrons. The minimum Gasteiger partial charge on any atom is -0.354 e. The maximum absolute atomic E-state index is 14.4. The molecule has 4 rings (SSSR count). The van der Waals surface area contributed by atoms with E-state index in [0.717, 1.165) is 13.4 Å². The highest BCUT2D eigenvalue weighted by atomic mass is 127. The molecule has 0 fully saturated rings. The maximum atomic E-state index is 14.4. The van der Waals surface area contributed by atoms with Crippen LogP contribution in [0.3, 0.4) is 0 Å². The molecule has 0 aliphatic carbocycles. The van der Waals surface area contributed by atoms with E-state index in [-0.39, 0.29) is 29.7 Å². The molecule has 4 aromatic rings. The lowest BCUT2D eigenvalue weighted by atomic mass is 10.0. The van der Waals surface area contributed by atoms with Gasteiger partial charge in [0.2, 0.25) is 11.8 Å². The van der Waals surface area contributed by atoms with Crippen LogP contribution in [0.5, 0.6) is 0 Å². The van der Waals surface area contributed by atoms with Crippen molar-refractivity contribution in [2.75, 3.05) is 17.4 Å². The highest BCUT2D eigenvalue weighted by Gasteiger charge is 2.34. The van der Waals surface area contributed by atoms with Crippen molar-refractivity contribution in [1.82, 2.24) is 10.2 Å². The second kappa shape index (κ2) is 15.5. The van der Waals surface area contributed by atoms with Gasteiger partial charge in [0.25, 0.3) is 10.0 Å². The van der Waals surface area contributed by atoms with Crippen LogP contribution in [0.2, 0.25) is 5.02 Å². The molecule has 10 heteroatoms. The van der Waals surface area contributed by atoms with Crippen molar-refractivity contribution in [2.45, 2.75) is 37.8 Å². The van der Waals surface area contributed by atoms with E-state index in [0.29, 0.717) is 22.8 Å². The maximum Gasteiger partial charge on any atom is 0.264 e. The summed E-state index contributed by atoms with van der Waals surface area (Å²) in [6, 6.07) is 30.6. The lowest BCUT2D eigenvalue weighted by Gasteiger charge is -2.34. The van der Waals surface area contributed by atoms with Crippen molar-refractivity contribution in [2.24, 2.45) is 5.92 Å². The summed E-state index contributed by atoms with van der Waals surface area (Å²) in [4.78, 5) is 29.8. The monoisotopic (exact) mass is 743 g/mol. The van der Waals surface area contributed by atoms with E-state index >= 15 is 0 Å². The third-order valence-corrected chi connectivity index (χ3v) is 9.66. The minimum atomic E-state index is -4.14. The van der Waals surface area contributed by atoms with Crippen LogP contribution < -0.4 is 9.62 Å². The predicted octanol–water partition coefficient (Wildman–Crippen LogP) is 6.55. The highest BCUT2D eigenvalue weighted by Crippen LogP contribution is 2.26. The first-order valence-electron chi connectivity index (χ1n) is 14.2. The molecule has 1 atom stereocenters. The van der Waals surface area contributed by atoms with Gasteiger partial charge in [-0.15, -0.1) is 0 Å². The molecule has 0 spiro atoms. The summed E-state index contributed by atoms with van der Waals surface area (Å²) in [5.74, 6) is -0.644. The molecule has 1 N–H and O–H groups in total. The second-order valence-electron chi connectivity index (χ2n) is 10.8. The lowest BCUT2D eigenvalue weighted by Crippen LogP contribution is -2.53. The number of nitrogens with one attached hydrogen (secondary N) is 1. The Labute approximate surface area is 278 Å². The highest BCUT2D eigenvalue weighted by molar-refractivity contribution is 14.1. The first-order valence-corrected chi connectivity index (χ1v) is 17.1. The Morgan fingerprint density at radius 2 is 1.45 bits per heavy atom. The molecule has 0 bridgehead atoms. The molecule has 44 heavy (non-hydrogen) atoms. The van der Waals surface area contributed by atoms with E-state index in [2.05, 4.69) is 27.9 Å². The Hall–Kier alpha value is -3.41. The second-order valence-corrected chi connectivity index (χ2v) is 14.3. The van der Waals surface area contributed by atoms with Gasteiger partial charge in [0, 0.05) is 28.1 Å². The van der Waals surface area contributed by atoms with Crippen molar-refractivity contribution in [1.29, 1.82) is 0 Å². The summed E-state index contributed by atoms with van der Waals surface area (Å²) < 4.78 is 30.0. The molecule has 0 saturated carbocycles. The Balaban J connectivity index is 1.79. The molecule has 7 nitrogen and oxygen atoms in total. The SMILES string of the molecule is CC(C)CNC(=O)[C@H](Cc1ccccc1)N(Cc1cccc(Cl)c1)C(=O)CN(c1ccc(I)cc1)S(=O)(=O)c1ccccc1. The normalized spacial score (nSPS) is 12.0. The van der Waals surface area contributed by atoms with Gasteiger partial charge in [0.1, 0.15) is 12.6 Å². The number of halogens is 2. The van der Waals surface area contributed by atoms with Crippen LogP contribution in [-0.2, 0) is 32.6 Å². The fraction of sp³-hybridized carbons (Fsp3) is 0.235. The summed E-state index contributed by atoms with van der Waals surface area (Å²) in [5.41, 5.74) is 1.92. The van der Waals surface area contributed by atoms with Crippen molar-refractivity contribution in [3.8, 4) is 0 Å². The molecule has 0 aromatic heterocycles. The van der Waals surface area contributed by atoms with E-state index in [1.54, 1.807) is 60.7 Å². The number of carbonyl (C=O) groups excluding carboxylic acids is 2. The quantitative estimate of drug-likeness (QED) is 0.158. The van der Waals surface area contributed by atoms with Gasteiger partial charge in [-0.3, -0.25) is 13.9 Å². The molecule has 230 valence electrons. The summed E-state index contributed by atoms with van der Waals surface area (Å²) in [6.07, 6.45) is 0.242. The molecule has 0 aliphatic heterocycles. The van der Waals surface area contributed by atoms with Gasteiger partial charge >= 0.3 is 0 Å². The Kier molecular flexibility index (Phi) is 11.8. The number of hydrogen-bond donors (Lipinski definition) is 1. The fourth-order valence-corrected chi connectivity index (χ4v) is 6.67. The van der Waals surface area contributed by atoms with Crippen molar-refractivity contribution < 1.29 is 18.0 Å². The number of amides is 2. The third kappa shape index (κ3) is 9.06. The summed E-state index contributed by atoms with van der Waals surface area (Å²) >= 11 is 8.44. The number of rotatable bonds is 13. The van der Waals surface area contributed by atoms with E-state index in [1.165, 1.54) is 17.0 Å². The van der Waals surface area contributed by atoms with Gasteiger partial charge in [0.05, 0.1) is 10.6 Å². The van der Waals surface area contributed by atoms with Gasteiger partial charge in [-0.1, -0.05) is 86.1 Å². The van der Waals surface area contributed by atoms with Gasteiger partial charge < -0.3 is 10.2 Å². The Morgan fingerprint density at radius 3 is 2.07 bits per heavy atom. The molecule has 0 heterocycles. The Morgan fingerprint density at radius 1 is 0.841 bits per heavy atom. The predicted molar refractivity (Wildman–Crippen MR) is 184 cm³/mol. The van der Waals surface area contributed by atoms with Crippen LogP contribution in [0.25, 0.3) is 0 Å². The van der Waals surface area contributed by atoms with Crippen LogP contribution in [0.4, 0.5) is 5.69 Å². The van der Waals surface area contributed by atoms with Gasteiger partial charge in [-0.05, 0) is 88.2 Å². The van der Waals surface area contributed by atoms with Crippen molar-refractivity contribution >= 4 is 61.7 Å². The smallest absolute Gasteiger partial charge is 0.264 e. The average molecular weight is 744 g/mol. The third-order valence-electron chi connectivity index (χ3n) is 6.92. The van der Waals surface area contributed by atoms with Gasteiger partial charge in [-0.25, -0.2) is 8.42 Å². The molecule has 2 amide bonds. The summed E-state index contributed by atoms with van der Waals surface area (Å²) in [5, 5.41) is 3.48. The van der Waals surface area contributed by atoms with Gasteiger partial charge in [-0.2, -0.15) is 0 Å². The zero-order valence-electron chi connectivity index (χ0n) is 24.6. The number of sulfonamides is 1. The minimum absolute atomic E-state index is 0.0535. The zero-order chi connectivity index (χ0) is 31.7. The van der Waals surface area contributed by atoms with Crippen molar-refractivity contribution in [3.05, 3.63) is 129 Å². The number of nitrogens with zero attached hydrogens (tertiary/aromatic N) is 2. The standard InChI is InChI=1S/C34H35ClIN3O4S/c1-25(2)22-37-34(41)32(21-26-10-5-3-6-11-26)38(23-27-12-9-13-28(35)20-27)33(40)24-39(30-18-16-29(36)17-19-30)44(42,43)31-14-7-4-8-15-31/h3-20,25,32H,21-24H2,1-2H3,(H,37,41)/t32-/m0/s1. The molecule has 0 unspecified atom stereocenters. The van der Waals surface area contributed by atoms with Crippen LogP contribution in [-0.4, -0.2) is 44.3 Å². The topological polar surface area (TPSA) is 86.8 Å². The number of benzene rings is 4. The fourth-order valence-electron chi connectivity index (χ4n) is 4.66. The zero-order valence-corrected chi connectivity index (χ0v) is 28.3. The summed E-state index contributed by atoms with van der Waals surface area (Å²) in [7, 11) is -4.14. The first kappa shape index (κ1) is 33.5. The molecular formula is C34H35ClIN3O4S. The van der Waals surface area contributed by atoms with Crippen LogP contribution >= 0.6 is 34.2 Å². The number of anilines is 1. The van der Waals surface area contributed by atoms with Crippen LogP contribution in [0, 0.1) is 9.49 Å². The van der Waals surface area contributed by atoms with E-state index in [1.807, 2.05) is 50.2 Å². The van der Waals surface area contributed by atoms with Crippen LogP contribution in [0.1, 0.15) is 25.0 Å². The summed E-state index contributed by atoms with van der Waals surface area (Å²) in [6.45, 7) is 3.96. The molecule has 4 aromatic carbocycles. The average Bonchev–Trinajstić information content (AvgIpc) is 3.01. The molecule has 0 aliphatic rings. The van der Waals surface area contributed by atoms with E-state index in [9.17, 15) is 18.0 Å². The molecule has 0 saturated heterocycles. The number of carbonyl (C=O) groups is 2. The van der Waals surface area contributed by atoms with Gasteiger partial charge in [0.15, 0.2) is 0 Å². The first-order chi connectivity index (χ1) is 21.0. The lowest BCUT2D eigenvalue weighted by molar-refractivity contribution is -0.140. The van der Waals surface area contributed by atoms with Crippen molar-refractivity contribution in [3.63, 3.8) is 0 Å². The van der Waals surface area contributed by atoms with Crippen LogP contribution in [0.15, 0.2) is 114 Å². The largest absolute Gasteiger partial charge is 0.354 e.